The van der Waals surface area contributed by atoms with E-state index in [1.54, 1.807) is 0 Å². The molecule has 3 nitrogen and oxygen atoms in total. The van der Waals surface area contributed by atoms with Gasteiger partial charge < -0.3 is 15.2 Å². The molecule has 0 aliphatic carbocycles. The van der Waals surface area contributed by atoms with Crippen molar-refractivity contribution in [3.8, 4) is 0 Å². The van der Waals surface area contributed by atoms with Crippen LogP contribution in [-0.4, -0.2) is 32.0 Å². The summed E-state index contributed by atoms with van der Waals surface area (Å²) >= 11 is 0. The van der Waals surface area contributed by atoms with E-state index in [9.17, 15) is 0 Å². The second-order valence-electron chi connectivity index (χ2n) is 4.43. The van der Waals surface area contributed by atoms with Crippen LogP contribution in [0, 0.1) is 5.92 Å². The van der Waals surface area contributed by atoms with E-state index >= 15 is 0 Å². The molecule has 1 fully saturated rings. The van der Waals surface area contributed by atoms with Gasteiger partial charge in [0, 0.05) is 19.3 Å². The molecular formula is C11H23NO2. The molecule has 0 bridgehead atoms. The van der Waals surface area contributed by atoms with E-state index in [1.807, 2.05) is 13.8 Å². The minimum Gasteiger partial charge on any atom is -0.381 e. The Labute approximate surface area is 86.9 Å². The van der Waals surface area contributed by atoms with Crippen LogP contribution in [0.25, 0.3) is 0 Å². The van der Waals surface area contributed by atoms with E-state index in [1.165, 1.54) is 0 Å². The molecule has 1 unspecified atom stereocenters. The summed E-state index contributed by atoms with van der Waals surface area (Å²) in [5, 5.41) is 0. The van der Waals surface area contributed by atoms with Crippen molar-refractivity contribution in [2.45, 2.75) is 45.3 Å². The third-order valence-electron chi connectivity index (χ3n) is 2.62. The molecule has 1 aliphatic heterocycles. The minimum absolute atomic E-state index is 0.195. The van der Waals surface area contributed by atoms with E-state index in [-0.39, 0.29) is 12.1 Å². The summed E-state index contributed by atoms with van der Waals surface area (Å²) in [6, 6.07) is 0.195. The Kier molecular flexibility index (Phi) is 5.45. The maximum absolute atomic E-state index is 5.99. The summed E-state index contributed by atoms with van der Waals surface area (Å²) in [5.74, 6) is 0.745. The van der Waals surface area contributed by atoms with Crippen LogP contribution >= 0.6 is 0 Å². The molecule has 0 saturated carbocycles. The van der Waals surface area contributed by atoms with E-state index < -0.39 is 0 Å². The van der Waals surface area contributed by atoms with Gasteiger partial charge in [0.25, 0.3) is 0 Å². The first-order valence-corrected chi connectivity index (χ1v) is 5.63. The van der Waals surface area contributed by atoms with E-state index in [0.717, 1.165) is 38.4 Å². The summed E-state index contributed by atoms with van der Waals surface area (Å²) in [6.07, 6.45) is 3.69. The van der Waals surface area contributed by atoms with E-state index in [4.69, 9.17) is 15.2 Å². The van der Waals surface area contributed by atoms with Gasteiger partial charge in [0.05, 0.1) is 12.7 Å². The first kappa shape index (κ1) is 12.0. The average molecular weight is 201 g/mol. The third kappa shape index (κ3) is 4.94. The predicted octanol–water partition coefficient (Wildman–Crippen LogP) is 1.56. The van der Waals surface area contributed by atoms with Crippen LogP contribution in [0.3, 0.4) is 0 Å². The zero-order valence-electron chi connectivity index (χ0n) is 9.37. The summed E-state index contributed by atoms with van der Waals surface area (Å²) in [5.41, 5.74) is 5.99. The van der Waals surface area contributed by atoms with Crippen LogP contribution in [0.1, 0.15) is 33.1 Å². The Morgan fingerprint density at radius 3 is 2.57 bits per heavy atom. The molecule has 0 aromatic heterocycles. The van der Waals surface area contributed by atoms with Crippen LogP contribution in [-0.2, 0) is 9.47 Å². The highest BCUT2D eigenvalue weighted by atomic mass is 16.5. The summed E-state index contributed by atoms with van der Waals surface area (Å²) in [4.78, 5) is 0. The molecule has 14 heavy (non-hydrogen) atoms. The molecule has 3 heteroatoms. The third-order valence-corrected chi connectivity index (χ3v) is 2.62. The molecule has 0 aromatic carbocycles. The number of rotatable bonds is 5. The van der Waals surface area contributed by atoms with E-state index in [0.29, 0.717) is 6.61 Å². The number of ether oxygens (including phenoxy) is 2. The zero-order chi connectivity index (χ0) is 10.4. The molecule has 0 aromatic rings. The van der Waals surface area contributed by atoms with Crippen molar-refractivity contribution in [2.75, 3.05) is 19.8 Å². The molecular weight excluding hydrogens is 178 g/mol. The average Bonchev–Trinajstić information content (AvgIpc) is 2.16. The van der Waals surface area contributed by atoms with Gasteiger partial charge in [-0.1, -0.05) is 0 Å². The van der Waals surface area contributed by atoms with Crippen LogP contribution < -0.4 is 5.73 Å². The number of hydrogen-bond donors (Lipinski definition) is 1. The first-order chi connectivity index (χ1) is 6.68. The fourth-order valence-electron chi connectivity index (χ4n) is 1.79. The molecule has 1 rings (SSSR count). The second-order valence-corrected chi connectivity index (χ2v) is 4.43. The van der Waals surface area contributed by atoms with Gasteiger partial charge >= 0.3 is 0 Å². The zero-order valence-corrected chi connectivity index (χ0v) is 9.37. The maximum atomic E-state index is 5.99. The highest BCUT2D eigenvalue weighted by molar-refractivity contribution is 4.70. The molecule has 0 amide bonds. The Balaban J connectivity index is 2.09. The normalized spacial score (nSPS) is 21.4. The molecule has 1 heterocycles. The summed E-state index contributed by atoms with van der Waals surface area (Å²) < 4.78 is 10.8. The highest BCUT2D eigenvalue weighted by Crippen LogP contribution is 2.19. The molecule has 0 spiro atoms. The monoisotopic (exact) mass is 201 g/mol. The van der Waals surface area contributed by atoms with Crippen LogP contribution in [0.2, 0.25) is 0 Å². The molecule has 1 saturated heterocycles. The van der Waals surface area contributed by atoms with Gasteiger partial charge in [0.2, 0.25) is 0 Å². The second kappa shape index (κ2) is 6.38. The minimum atomic E-state index is 0.195. The van der Waals surface area contributed by atoms with Crippen LogP contribution in [0.5, 0.6) is 0 Å². The van der Waals surface area contributed by atoms with Crippen molar-refractivity contribution < 1.29 is 9.47 Å². The lowest BCUT2D eigenvalue weighted by Crippen LogP contribution is -2.32. The van der Waals surface area contributed by atoms with Crippen LogP contribution in [0.15, 0.2) is 0 Å². The SMILES string of the molecule is CC(C)OCC(N)CC1CCOCC1. The van der Waals surface area contributed by atoms with Gasteiger partial charge in [-0.05, 0) is 39.0 Å². The smallest absolute Gasteiger partial charge is 0.0621 e. The number of nitrogens with two attached hydrogens (primary N) is 1. The Morgan fingerprint density at radius 2 is 2.00 bits per heavy atom. The Morgan fingerprint density at radius 1 is 1.36 bits per heavy atom. The lowest BCUT2D eigenvalue weighted by Gasteiger charge is -2.25. The Hall–Kier alpha value is -0.120. The van der Waals surface area contributed by atoms with Crippen molar-refractivity contribution in [3.63, 3.8) is 0 Å². The molecule has 2 N–H and O–H groups in total. The van der Waals surface area contributed by atoms with Crippen molar-refractivity contribution in [1.29, 1.82) is 0 Å². The topological polar surface area (TPSA) is 44.5 Å². The summed E-state index contributed by atoms with van der Waals surface area (Å²) in [6.45, 7) is 6.59. The Bertz CT molecular complexity index is 144. The molecule has 0 radical (unpaired) electrons. The maximum Gasteiger partial charge on any atom is 0.0621 e. The van der Waals surface area contributed by atoms with Gasteiger partial charge in [0.15, 0.2) is 0 Å². The fourth-order valence-corrected chi connectivity index (χ4v) is 1.79. The first-order valence-electron chi connectivity index (χ1n) is 5.63. The van der Waals surface area contributed by atoms with Gasteiger partial charge in [-0.3, -0.25) is 0 Å². The van der Waals surface area contributed by atoms with Gasteiger partial charge in [-0.15, -0.1) is 0 Å². The van der Waals surface area contributed by atoms with Crippen molar-refractivity contribution in [2.24, 2.45) is 11.7 Å². The fraction of sp³-hybridized carbons (Fsp3) is 1.00. The largest absolute Gasteiger partial charge is 0.381 e. The van der Waals surface area contributed by atoms with Crippen molar-refractivity contribution >= 4 is 0 Å². The predicted molar refractivity (Wildman–Crippen MR) is 57.2 cm³/mol. The molecule has 84 valence electrons. The van der Waals surface area contributed by atoms with Crippen molar-refractivity contribution in [1.82, 2.24) is 0 Å². The lowest BCUT2D eigenvalue weighted by molar-refractivity contribution is 0.0422. The van der Waals surface area contributed by atoms with E-state index in [2.05, 4.69) is 0 Å². The van der Waals surface area contributed by atoms with Crippen molar-refractivity contribution in [3.05, 3.63) is 0 Å². The van der Waals surface area contributed by atoms with Gasteiger partial charge in [-0.2, -0.15) is 0 Å². The standard InChI is InChI=1S/C11H23NO2/c1-9(2)14-8-11(12)7-10-3-5-13-6-4-10/h9-11H,3-8,12H2,1-2H3. The lowest BCUT2D eigenvalue weighted by atomic mass is 9.93. The quantitative estimate of drug-likeness (QED) is 0.734. The molecule has 1 atom stereocenters. The summed E-state index contributed by atoms with van der Waals surface area (Å²) in [7, 11) is 0. The van der Waals surface area contributed by atoms with Crippen LogP contribution in [0.4, 0.5) is 0 Å². The number of hydrogen-bond acceptors (Lipinski definition) is 3. The highest BCUT2D eigenvalue weighted by Gasteiger charge is 2.17. The van der Waals surface area contributed by atoms with Gasteiger partial charge in [-0.25, -0.2) is 0 Å². The molecule has 1 aliphatic rings. The van der Waals surface area contributed by atoms with Gasteiger partial charge in [0.1, 0.15) is 0 Å².